The lowest BCUT2D eigenvalue weighted by Gasteiger charge is -2.27. The van der Waals surface area contributed by atoms with Gasteiger partial charge >= 0.3 is 0 Å². The molecule has 7 nitrogen and oxygen atoms in total. The van der Waals surface area contributed by atoms with Crippen molar-refractivity contribution in [1.29, 1.82) is 0 Å². The molecule has 0 aliphatic rings. The standard InChI is InChI=1S/C37H37N3O4S/c1-37(41,30-17-19-31(20-18-30)40(45(2,42)43)27-29-13-7-4-8-14-29)38-23-24-44-32-21-22-34-33-15-9-10-16-35(33)39(36(34)25-32)26-28-11-5-3-6-12-28/h3-22,25,38,41H,23-24,26-27H2,1-2H3. The first-order chi connectivity index (χ1) is 21.7. The molecular weight excluding hydrogens is 582 g/mol. The number of para-hydroxylation sites is 1. The maximum Gasteiger partial charge on any atom is 0.232 e. The molecule has 0 radical (unpaired) electrons. The molecular formula is C37H37N3O4S. The maximum absolute atomic E-state index is 12.6. The van der Waals surface area contributed by atoms with Crippen molar-refractivity contribution < 1.29 is 18.3 Å². The minimum atomic E-state index is -3.51. The molecule has 8 heteroatoms. The summed E-state index contributed by atoms with van der Waals surface area (Å²) in [6.45, 7) is 3.39. The second-order valence-corrected chi connectivity index (χ2v) is 13.3. The summed E-state index contributed by atoms with van der Waals surface area (Å²) in [7, 11) is -3.51. The van der Waals surface area contributed by atoms with Gasteiger partial charge in [-0.2, -0.15) is 0 Å². The third kappa shape index (κ3) is 6.88. The highest BCUT2D eigenvalue weighted by atomic mass is 32.2. The third-order valence-corrected chi connectivity index (χ3v) is 9.20. The smallest absolute Gasteiger partial charge is 0.232 e. The molecule has 0 bridgehead atoms. The van der Waals surface area contributed by atoms with Crippen molar-refractivity contribution in [2.75, 3.05) is 23.7 Å². The van der Waals surface area contributed by atoms with E-state index in [0.29, 0.717) is 24.4 Å². The number of nitrogens with one attached hydrogen (secondary N) is 1. The molecule has 1 heterocycles. The van der Waals surface area contributed by atoms with Gasteiger partial charge in [-0.3, -0.25) is 9.62 Å². The Morgan fingerprint density at radius 3 is 2.09 bits per heavy atom. The average molecular weight is 620 g/mol. The highest BCUT2D eigenvalue weighted by molar-refractivity contribution is 7.92. The molecule has 0 spiro atoms. The van der Waals surface area contributed by atoms with Crippen LogP contribution in [0.5, 0.6) is 5.75 Å². The number of fused-ring (bicyclic) bond motifs is 3. The minimum Gasteiger partial charge on any atom is -0.492 e. The van der Waals surface area contributed by atoms with E-state index in [1.54, 1.807) is 31.2 Å². The Labute approximate surface area is 264 Å². The first-order valence-electron chi connectivity index (χ1n) is 15.0. The highest BCUT2D eigenvalue weighted by Gasteiger charge is 2.24. The van der Waals surface area contributed by atoms with Crippen LogP contribution in [-0.2, 0) is 28.8 Å². The lowest BCUT2D eigenvalue weighted by atomic mass is 10.0. The van der Waals surface area contributed by atoms with Crippen molar-refractivity contribution in [2.45, 2.75) is 25.7 Å². The SMILES string of the molecule is CC(O)(NCCOc1ccc2c3ccccc3n(Cc3ccccc3)c2c1)c1ccc(N(Cc2ccccc2)S(C)(=O)=O)cc1. The van der Waals surface area contributed by atoms with Gasteiger partial charge in [-0.1, -0.05) is 91.0 Å². The molecule has 230 valence electrons. The van der Waals surface area contributed by atoms with Crippen molar-refractivity contribution in [3.63, 3.8) is 0 Å². The molecule has 0 amide bonds. The van der Waals surface area contributed by atoms with E-state index in [4.69, 9.17) is 4.74 Å². The number of ether oxygens (including phenoxy) is 1. The van der Waals surface area contributed by atoms with Crippen LogP contribution in [-0.4, -0.2) is 37.5 Å². The molecule has 1 unspecified atom stereocenters. The van der Waals surface area contributed by atoms with E-state index in [2.05, 4.69) is 70.5 Å². The van der Waals surface area contributed by atoms with Gasteiger partial charge in [0.25, 0.3) is 0 Å². The van der Waals surface area contributed by atoms with Gasteiger partial charge in [0.2, 0.25) is 10.0 Å². The van der Waals surface area contributed by atoms with Crippen LogP contribution in [0.25, 0.3) is 21.8 Å². The number of nitrogens with zero attached hydrogens (tertiary/aromatic N) is 2. The zero-order valence-electron chi connectivity index (χ0n) is 25.4. The number of sulfonamides is 1. The topological polar surface area (TPSA) is 83.8 Å². The van der Waals surface area contributed by atoms with Crippen molar-refractivity contribution in [3.05, 3.63) is 144 Å². The lowest BCUT2D eigenvalue weighted by Crippen LogP contribution is -2.41. The Hall–Kier alpha value is -4.63. The van der Waals surface area contributed by atoms with Crippen LogP contribution in [0.4, 0.5) is 5.69 Å². The van der Waals surface area contributed by atoms with Gasteiger partial charge in [0.05, 0.1) is 24.0 Å². The summed E-state index contributed by atoms with van der Waals surface area (Å²) in [5, 5.41) is 16.7. The molecule has 6 rings (SSSR count). The minimum absolute atomic E-state index is 0.226. The normalized spacial score (nSPS) is 13.1. The summed E-state index contributed by atoms with van der Waals surface area (Å²) >= 11 is 0. The molecule has 1 aromatic heterocycles. The van der Waals surface area contributed by atoms with Gasteiger partial charge in [0, 0.05) is 35.4 Å². The Morgan fingerprint density at radius 2 is 1.40 bits per heavy atom. The van der Waals surface area contributed by atoms with E-state index in [9.17, 15) is 13.5 Å². The summed E-state index contributed by atoms with van der Waals surface area (Å²) in [6, 6.07) is 41.4. The highest BCUT2D eigenvalue weighted by Crippen LogP contribution is 2.32. The zero-order chi connectivity index (χ0) is 31.4. The Morgan fingerprint density at radius 1 is 0.778 bits per heavy atom. The van der Waals surface area contributed by atoms with E-state index in [1.165, 1.54) is 32.4 Å². The summed E-state index contributed by atoms with van der Waals surface area (Å²) in [6.07, 6.45) is 1.20. The van der Waals surface area contributed by atoms with Gasteiger partial charge in [0.1, 0.15) is 18.1 Å². The Kier molecular flexibility index (Phi) is 8.63. The van der Waals surface area contributed by atoms with Crippen LogP contribution in [0.3, 0.4) is 0 Å². The fraction of sp³-hybridized carbons (Fsp3) is 0.189. The van der Waals surface area contributed by atoms with Crippen LogP contribution in [0.1, 0.15) is 23.6 Å². The lowest BCUT2D eigenvalue weighted by molar-refractivity contribution is 0.0169. The largest absolute Gasteiger partial charge is 0.492 e. The molecule has 2 N–H and O–H groups in total. The van der Waals surface area contributed by atoms with Gasteiger partial charge in [-0.05, 0) is 53.9 Å². The molecule has 0 saturated carbocycles. The molecule has 1 atom stereocenters. The summed E-state index contributed by atoms with van der Waals surface area (Å²) < 4.78 is 35.0. The first kappa shape index (κ1) is 30.4. The maximum atomic E-state index is 12.6. The van der Waals surface area contributed by atoms with Crippen molar-refractivity contribution >= 4 is 37.5 Å². The van der Waals surface area contributed by atoms with Crippen LogP contribution in [0.15, 0.2) is 127 Å². The van der Waals surface area contributed by atoms with E-state index in [-0.39, 0.29) is 6.54 Å². The summed E-state index contributed by atoms with van der Waals surface area (Å²) in [5.41, 5.74) is 4.20. The van der Waals surface area contributed by atoms with E-state index in [0.717, 1.165) is 23.4 Å². The fourth-order valence-corrected chi connectivity index (χ4v) is 6.61. The van der Waals surface area contributed by atoms with Gasteiger partial charge < -0.3 is 14.4 Å². The average Bonchev–Trinajstić information content (AvgIpc) is 3.35. The zero-order valence-corrected chi connectivity index (χ0v) is 26.2. The second kappa shape index (κ2) is 12.8. The second-order valence-electron chi connectivity index (χ2n) is 11.4. The number of benzene rings is 5. The molecule has 0 saturated heterocycles. The van der Waals surface area contributed by atoms with E-state index >= 15 is 0 Å². The quantitative estimate of drug-likeness (QED) is 0.119. The summed E-state index contributed by atoms with van der Waals surface area (Å²) in [4.78, 5) is 0. The number of anilines is 1. The fourth-order valence-electron chi connectivity index (χ4n) is 5.72. The molecule has 45 heavy (non-hydrogen) atoms. The van der Waals surface area contributed by atoms with Crippen LogP contribution in [0.2, 0.25) is 0 Å². The van der Waals surface area contributed by atoms with Crippen molar-refractivity contribution in [2.24, 2.45) is 0 Å². The van der Waals surface area contributed by atoms with Crippen molar-refractivity contribution in [3.8, 4) is 5.75 Å². The molecule has 5 aromatic carbocycles. The van der Waals surface area contributed by atoms with Crippen molar-refractivity contribution in [1.82, 2.24) is 9.88 Å². The Bertz CT molecular complexity index is 2010. The number of hydrogen-bond acceptors (Lipinski definition) is 5. The summed E-state index contributed by atoms with van der Waals surface area (Å²) in [5.74, 6) is 0.754. The molecule has 0 aliphatic heterocycles. The first-order valence-corrected chi connectivity index (χ1v) is 16.8. The third-order valence-electron chi connectivity index (χ3n) is 8.06. The number of aromatic nitrogens is 1. The van der Waals surface area contributed by atoms with Gasteiger partial charge in [0.15, 0.2) is 0 Å². The number of aliphatic hydroxyl groups is 1. The van der Waals surface area contributed by atoms with Crippen LogP contribution >= 0.6 is 0 Å². The molecule has 0 aliphatic carbocycles. The van der Waals surface area contributed by atoms with E-state index in [1.807, 2.05) is 42.5 Å². The number of hydrogen-bond donors (Lipinski definition) is 2. The Balaban J connectivity index is 1.12. The predicted octanol–water partition coefficient (Wildman–Crippen LogP) is 6.64. The van der Waals surface area contributed by atoms with Gasteiger partial charge in [-0.15, -0.1) is 0 Å². The monoisotopic (exact) mass is 619 g/mol. The predicted molar refractivity (Wildman–Crippen MR) is 182 cm³/mol. The molecule has 6 aromatic rings. The molecule has 0 fully saturated rings. The van der Waals surface area contributed by atoms with Crippen LogP contribution in [0, 0.1) is 0 Å². The van der Waals surface area contributed by atoms with Gasteiger partial charge in [-0.25, -0.2) is 8.42 Å². The van der Waals surface area contributed by atoms with E-state index < -0.39 is 15.7 Å². The van der Waals surface area contributed by atoms with Crippen LogP contribution < -0.4 is 14.4 Å². The number of rotatable bonds is 12.